The first kappa shape index (κ1) is 11.4. The summed E-state index contributed by atoms with van der Waals surface area (Å²) in [5.74, 6) is -0.00521. The normalized spacial score (nSPS) is 12.6. The molecule has 0 aromatic heterocycles. The number of nitrogens with one attached hydrogen (secondary N) is 1. The van der Waals surface area contributed by atoms with Crippen molar-refractivity contribution in [2.75, 3.05) is 13.1 Å². The first-order valence-corrected chi connectivity index (χ1v) is 4.29. The highest BCUT2D eigenvalue weighted by Gasteiger charge is 1.99. The first-order chi connectivity index (χ1) is 5.66. The molecule has 1 amide bonds. The van der Waals surface area contributed by atoms with E-state index in [1.54, 1.807) is 0 Å². The van der Waals surface area contributed by atoms with Gasteiger partial charge in [-0.1, -0.05) is 0 Å². The topological polar surface area (TPSA) is 75.3 Å². The van der Waals surface area contributed by atoms with Gasteiger partial charge in [-0.05, 0) is 19.3 Å². The summed E-state index contributed by atoms with van der Waals surface area (Å²) >= 11 is 0. The van der Waals surface area contributed by atoms with Gasteiger partial charge < -0.3 is 16.2 Å². The fourth-order valence-corrected chi connectivity index (χ4v) is 0.887. The second-order valence-corrected chi connectivity index (χ2v) is 2.87. The van der Waals surface area contributed by atoms with Gasteiger partial charge in [0.2, 0.25) is 5.91 Å². The molecule has 1 atom stereocenters. The van der Waals surface area contributed by atoms with Crippen LogP contribution in [0.2, 0.25) is 0 Å². The van der Waals surface area contributed by atoms with Crippen LogP contribution in [0.25, 0.3) is 0 Å². The number of hydrogen-bond acceptors (Lipinski definition) is 3. The van der Waals surface area contributed by atoms with Gasteiger partial charge in [0, 0.05) is 20.0 Å². The number of carbonyl (C=O) groups excluding carboxylic acids is 1. The standard InChI is InChI=1S/C8H18N2O2/c1-7(11)10-5-3-2-4-8(12)6-9/h8,12H,2-6,9H2,1H3,(H,10,11). The number of hydrogen-bond donors (Lipinski definition) is 3. The molecule has 0 aliphatic heterocycles. The summed E-state index contributed by atoms with van der Waals surface area (Å²) in [5.41, 5.74) is 5.22. The molecule has 72 valence electrons. The second kappa shape index (κ2) is 7.06. The summed E-state index contributed by atoms with van der Waals surface area (Å²) in [7, 11) is 0. The molecule has 1 unspecified atom stereocenters. The summed E-state index contributed by atoms with van der Waals surface area (Å²) < 4.78 is 0. The molecule has 0 heterocycles. The Hall–Kier alpha value is -0.610. The average molecular weight is 174 g/mol. The molecule has 0 fully saturated rings. The lowest BCUT2D eigenvalue weighted by atomic mass is 10.1. The molecule has 0 aromatic rings. The monoisotopic (exact) mass is 174 g/mol. The highest BCUT2D eigenvalue weighted by atomic mass is 16.3. The Labute approximate surface area is 73.1 Å². The number of amides is 1. The smallest absolute Gasteiger partial charge is 0.216 e. The Morgan fingerprint density at radius 1 is 1.58 bits per heavy atom. The molecule has 0 bridgehead atoms. The van der Waals surface area contributed by atoms with Gasteiger partial charge in [-0.15, -0.1) is 0 Å². The molecule has 4 heteroatoms. The molecule has 0 radical (unpaired) electrons. The number of aliphatic hydroxyl groups is 1. The van der Waals surface area contributed by atoms with Crippen LogP contribution in [0.15, 0.2) is 0 Å². The highest BCUT2D eigenvalue weighted by Crippen LogP contribution is 1.98. The lowest BCUT2D eigenvalue weighted by Gasteiger charge is -2.06. The lowest BCUT2D eigenvalue weighted by Crippen LogP contribution is -2.22. The number of rotatable bonds is 6. The maximum atomic E-state index is 10.4. The van der Waals surface area contributed by atoms with Crippen molar-refractivity contribution in [2.24, 2.45) is 5.73 Å². The van der Waals surface area contributed by atoms with Crippen LogP contribution in [-0.2, 0) is 4.79 Å². The van der Waals surface area contributed by atoms with E-state index < -0.39 is 0 Å². The summed E-state index contributed by atoms with van der Waals surface area (Å²) in [5, 5.41) is 11.7. The van der Waals surface area contributed by atoms with E-state index in [4.69, 9.17) is 10.8 Å². The molecular formula is C8H18N2O2. The Bertz CT molecular complexity index is 128. The lowest BCUT2D eigenvalue weighted by molar-refractivity contribution is -0.118. The van der Waals surface area contributed by atoms with Crippen LogP contribution < -0.4 is 11.1 Å². The molecular weight excluding hydrogens is 156 g/mol. The van der Waals surface area contributed by atoms with Gasteiger partial charge in [0.1, 0.15) is 0 Å². The van der Waals surface area contributed by atoms with E-state index in [1.807, 2.05) is 0 Å². The molecule has 0 saturated heterocycles. The Balaban J connectivity index is 3.05. The van der Waals surface area contributed by atoms with Gasteiger partial charge in [-0.2, -0.15) is 0 Å². The van der Waals surface area contributed by atoms with E-state index in [0.29, 0.717) is 13.1 Å². The van der Waals surface area contributed by atoms with Crippen LogP contribution >= 0.6 is 0 Å². The minimum Gasteiger partial charge on any atom is -0.392 e. The van der Waals surface area contributed by atoms with Gasteiger partial charge in [-0.3, -0.25) is 4.79 Å². The fourth-order valence-electron chi connectivity index (χ4n) is 0.887. The van der Waals surface area contributed by atoms with Crippen LogP contribution in [0.4, 0.5) is 0 Å². The van der Waals surface area contributed by atoms with Crippen LogP contribution in [0.5, 0.6) is 0 Å². The molecule has 12 heavy (non-hydrogen) atoms. The zero-order chi connectivity index (χ0) is 9.40. The average Bonchev–Trinajstić information content (AvgIpc) is 2.03. The van der Waals surface area contributed by atoms with E-state index in [-0.39, 0.29) is 12.0 Å². The van der Waals surface area contributed by atoms with Crippen LogP contribution in [0.1, 0.15) is 26.2 Å². The van der Waals surface area contributed by atoms with Crippen molar-refractivity contribution in [2.45, 2.75) is 32.3 Å². The predicted molar refractivity (Wildman–Crippen MR) is 47.6 cm³/mol. The third kappa shape index (κ3) is 7.50. The molecule has 0 spiro atoms. The van der Waals surface area contributed by atoms with Crippen molar-refractivity contribution in [3.8, 4) is 0 Å². The third-order valence-electron chi connectivity index (χ3n) is 1.61. The van der Waals surface area contributed by atoms with Crippen molar-refractivity contribution in [1.82, 2.24) is 5.32 Å². The van der Waals surface area contributed by atoms with Gasteiger partial charge in [0.15, 0.2) is 0 Å². The van der Waals surface area contributed by atoms with E-state index in [1.165, 1.54) is 6.92 Å². The van der Waals surface area contributed by atoms with Gasteiger partial charge in [-0.25, -0.2) is 0 Å². The predicted octanol–water partition coefficient (Wildman–Crippen LogP) is -0.388. The van der Waals surface area contributed by atoms with Crippen molar-refractivity contribution < 1.29 is 9.90 Å². The number of carbonyl (C=O) groups is 1. The van der Waals surface area contributed by atoms with Crippen LogP contribution in [0, 0.1) is 0 Å². The second-order valence-electron chi connectivity index (χ2n) is 2.87. The zero-order valence-corrected chi connectivity index (χ0v) is 7.55. The van der Waals surface area contributed by atoms with E-state index >= 15 is 0 Å². The summed E-state index contributed by atoms with van der Waals surface area (Å²) in [6, 6.07) is 0. The Morgan fingerprint density at radius 3 is 2.75 bits per heavy atom. The molecule has 4 nitrogen and oxygen atoms in total. The quantitative estimate of drug-likeness (QED) is 0.480. The first-order valence-electron chi connectivity index (χ1n) is 4.29. The summed E-state index contributed by atoms with van der Waals surface area (Å²) in [6.07, 6.45) is 2.13. The number of nitrogens with two attached hydrogens (primary N) is 1. The van der Waals surface area contributed by atoms with Gasteiger partial charge in [0.25, 0.3) is 0 Å². The maximum Gasteiger partial charge on any atom is 0.216 e. The van der Waals surface area contributed by atoms with Crippen molar-refractivity contribution in [3.63, 3.8) is 0 Å². The van der Waals surface area contributed by atoms with E-state index in [2.05, 4.69) is 5.32 Å². The van der Waals surface area contributed by atoms with Gasteiger partial charge >= 0.3 is 0 Å². The fraction of sp³-hybridized carbons (Fsp3) is 0.875. The number of unbranched alkanes of at least 4 members (excludes halogenated alkanes) is 1. The largest absolute Gasteiger partial charge is 0.392 e. The molecule has 0 aromatic carbocycles. The van der Waals surface area contributed by atoms with Crippen molar-refractivity contribution in [1.29, 1.82) is 0 Å². The summed E-state index contributed by atoms with van der Waals surface area (Å²) in [4.78, 5) is 10.4. The summed E-state index contributed by atoms with van der Waals surface area (Å²) in [6.45, 7) is 2.50. The molecule has 0 saturated carbocycles. The maximum absolute atomic E-state index is 10.4. The van der Waals surface area contributed by atoms with E-state index in [9.17, 15) is 4.79 Å². The van der Waals surface area contributed by atoms with Crippen LogP contribution in [-0.4, -0.2) is 30.2 Å². The SMILES string of the molecule is CC(=O)NCCCCC(O)CN. The zero-order valence-electron chi connectivity index (χ0n) is 7.55. The van der Waals surface area contributed by atoms with E-state index in [0.717, 1.165) is 19.3 Å². The third-order valence-corrected chi connectivity index (χ3v) is 1.61. The molecule has 4 N–H and O–H groups in total. The number of aliphatic hydroxyl groups excluding tert-OH is 1. The highest BCUT2D eigenvalue weighted by molar-refractivity contribution is 5.72. The Kier molecular flexibility index (Phi) is 6.70. The van der Waals surface area contributed by atoms with Crippen LogP contribution in [0.3, 0.4) is 0 Å². The minimum atomic E-state index is -0.387. The minimum absolute atomic E-state index is 0.00521. The van der Waals surface area contributed by atoms with Gasteiger partial charge in [0.05, 0.1) is 6.10 Å². The Morgan fingerprint density at radius 2 is 2.25 bits per heavy atom. The molecule has 0 rings (SSSR count). The molecule has 0 aliphatic rings. The molecule has 0 aliphatic carbocycles. The van der Waals surface area contributed by atoms with Crippen molar-refractivity contribution >= 4 is 5.91 Å². The van der Waals surface area contributed by atoms with Crippen molar-refractivity contribution in [3.05, 3.63) is 0 Å².